The van der Waals surface area contributed by atoms with Crippen molar-refractivity contribution in [1.29, 1.82) is 0 Å². The quantitative estimate of drug-likeness (QED) is 0.514. The zero-order valence-corrected chi connectivity index (χ0v) is 14.7. The molecule has 2 N–H and O–H groups in total. The Balaban J connectivity index is 1.62. The maximum atomic E-state index is 4.76. The Morgan fingerprint density at radius 1 is 0.963 bits per heavy atom. The SMILES string of the molecule is Cc1nc2ccccc2n1-c1nc(NCc2ccccc2)c2nc[nH]c2n1. The van der Waals surface area contributed by atoms with Gasteiger partial charge in [0.25, 0.3) is 0 Å². The molecule has 3 aromatic heterocycles. The van der Waals surface area contributed by atoms with Gasteiger partial charge in [-0.15, -0.1) is 0 Å². The maximum Gasteiger partial charge on any atom is 0.239 e. The van der Waals surface area contributed by atoms with Gasteiger partial charge in [0.15, 0.2) is 11.5 Å². The standard InChI is InChI=1S/C20H17N7/c1-13-24-15-9-5-6-10-16(15)27(13)20-25-18(17-19(26-20)23-12-22-17)21-11-14-7-3-2-4-8-14/h2-10,12H,11H2,1H3,(H2,21,22,23,25,26). The summed E-state index contributed by atoms with van der Waals surface area (Å²) in [6, 6.07) is 18.2. The molecule has 0 aliphatic carbocycles. The van der Waals surface area contributed by atoms with Crippen molar-refractivity contribution in [2.75, 3.05) is 5.32 Å². The molecule has 7 heteroatoms. The summed E-state index contributed by atoms with van der Waals surface area (Å²) in [6.45, 7) is 2.61. The Hall–Kier alpha value is -3.74. The number of rotatable bonds is 4. The number of anilines is 1. The summed E-state index contributed by atoms with van der Waals surface area (Å²) >= 11 is 0. The van der Waals surface area contributed by atoms with Crippen LogP contribution in [0.3, 0.4) is 0 Å². The van der Waals surface area contributed by atoms with Crippen LogP contribution in [0.2, 0.25) is 0 Å². The van der Waals surface area contributed by atoms with Crippen LogP contribution in [-0.2, 0) is 6.54 Å². The fourth-order valence-corrected chi connectivity index (χ4v) is 3.23. The maximum absolute atomic E-state index is 4.76. The van der Waals surface area contributed by atoms with Crippen molar-refractivity contribution in [2.24, 2.45) is 0 Å². The van der Waals surface area contributed by atoms with Crippen molar-refractivity contribution < 1.29 is 0 Å². The lowest BCUT2D eigenvalue weighted by atomic mass is 10.2. The fourth-order valence-electron chi connectivity index (χ4n) is 3.23. The molecule has 0 saturated carbocycles. The Labute approximate surface area is 155 Å². The first-order valence-corrected chi connectivity index (χ1v) is 8.73. The van der Waals surface area contributed by atoms with Crippen molar-refractivity contribution in [3.05, 3.63) is 72.3 Å². The highest BCUT2D eigenvalue weighted by Crippen LogP contribution is 2.23. The van der Waals surface area contributed by atoms with Crippen LogP contribution in [0.25, 0.3) is 28.1 Å². The van der Waals surface area contributed by atoms with E-state index in [1.165, 1.54) is 5.56 Å². The summed E-state index contributed by atoms with van der Waals surface area (Å²) in [6.07, 6.45) is 1.63. The van der Waals surface area contributed by atoms with Gasteiger partial charge in [-0.05, 0) is 24.6 Å². The highest BCUT2D eigenvalue weighted by molar-refractivity contribution is 5.84. The van der Waals surface area contributed by atoms with E-state index in [0.717, 1.165) is 22.4 Å². The normalized spacial score (nSPS) is 11.3. The van der Waals surface area contributed by atoms with Crippen LogP contribution >= 0.6 is 0 Å². The number of fused-ring (bicyclic) bond motifs is 2. The zero-order valence-electron chi connectivity index (χ0n) is 14.7. The molecule has 0 unspecified atom stereocenters. The van der Waals surface area contributed by atoms with Crippen molar-refractivity contribution in [2.45, 2.75) is 13.5 Å². The molecule has 0 saturated heterocycles. The van der Waals surface area contributed by atoms with E-state index in [-0.39, 0.29) is 0 Å². The average Bonchev–Trinajstić information content (AvgIpc) is 3.30. The number of nitrogens with one attached hydrogen (secondary N) is 2. The van der Waals surface area contributed by atoms with Gasteiger partial charge in [-0.25, -0.2) is 9.97 Å². The molecular weight excluding hydrogens is 338 g/mol. The Morgan fingerprint density at radius 2 is 1.78 bits per heavy atom. The number of benzene rings is 2. The van der Waals surface area contributed by atoms with E-state index in [9.17, 15) is 0 Å². The first-order chi connectivity index (χ1) is 13.3. The molecule has 0 amide bonds. The highest BCUT2D eigenvalue weighted by Gasteiger charge is 2.15. The second-order valence-electron chi connectivity index (χ2n) is 6.29. The number of hydrogen-bond acceptors (Lipinski definition) is 5. The molecule has 0 bridgehead atoms. The molecule has 0 aliphatic heterocycles. The van der Waals surface area contributed by atoms with E-state index in [2.05, 4.69) is 37.4 Å². The summed E-state index contributed by atoms with van der Waals surface area (Å²) in [4.78, 5) is 21.5. The van der Waals surface area contributed by atoms with Crippen LogP contribution in [-0.4, -0.2) is 29.5 Å². The molecule has 0 spiro atoms. The first kappa shape index (κ1) is 15.5. The number of nitrogens with zero attached hydrogens (tertiary/aromatic N) is 5. The largest absolute Gasteiger partial charge is 0.364 e. The van der Waals surface area contributed by atoms with Gasteiger partial charge in [-0.1, -0.05) is 42.5 Å². The number of aryl methyl sites for hydroxylation is 1. The summed E-state index contributed by atoms with van der Waals surface area (Å²) in [5, 5.41) is 3.39. The molecule has 5 rings (SSSR count). The van der Waals surface area contributed by atoms with Crippen LogP contribution in [0, 0.1) is 6.92 Å². The molecule has 2 aromatic carbocycles. The molecule has 7 nitrogen and oxygen atoms in total. The number of aromatic amines is 1. The molecule has 27 heavy (non-hydrogen) atoms. The monoisotopic (exact) mass is 355 g/mol. The molecular formula is C20H17N7. The number of H-pyrrole nitrogens is 1. The number of aromatic nitrogens is 6. The minimum atomic E-state index is 0.563. The second-order valence-corrected chi connectivity index (χ2v) is 6.29. The van der Waals surface area contributed by atoms with Crippen LogP contribution in [0.15, 0.2) is 60.9 Å². The summed E-state index contributed by atoms with van der Waals surface area (Å²) < 4.78 is 1.96. The molecule has 3 heterocycles. The minimum absolute atomic E-state index is 0.563. The van der Waals surface area contributed by atoms with E-state index in [4.69, 9.17) is 4.98 Å². The van der Waals surface area contributed by atoms with Crippen LogP contribution < -0.4 is 5.32 Å². The summed E-state index contributed by atoms with van der Waals surface area (Å²) in [5.74, 6) is 2.09. The van der Waals surface area contributed by atoms with Gasteiger partial charge >= 0.3 is 0 Å². The number of hydrogen-bond donors (Lipinski definition) is 2. The van der Waals surface area contributed by atoms with Crippen LogP contribution in [0.5, 0.6) is 0 Å². The van der Waals surface area contributed by atoms with Crippen molar-refractivity contribution >= 4 is 28.0 Å². The Morgan fingerprint density at radius 3 is 2.67 bits per heavy atom. The molecule has 0 fully saturated rings. The van der Waals surface area contributed by atoms with E-state index in [1.807, 2.05) is 54.0 Å². The third-order valence-corrected chi connectivity index (χ3v) is 4.50. The average molecular weight is 355 g/mol. The van der Waals surface area contributed by atoms with Crippen molar-refractivity contribution in [3.63, 3.8) is 0 Å². The molecule has 132 valence electrons. The highest BCUT2D eigenvalue weighted by atomic mass is 15.2. The summed E-state index contributed by atoms with van der Waals surface area (Å²) in [5.41, 5.74) is 4.47. The molecule has 5 aromatic rings. The third kappa shape index (κ3) is 2.69. The lowest BCUT2D eigenvalue weighted by Gasteiger charge is -2.10. The van der Waals surface area contributed by atoms with Gasteiger partial charge in [0, 0.05) is 6.54 Å². The smallest absolute Gasteiger partial charge is 0.239 e. The van der Waals surface area contributed by atoms with E-state index in [1.54, 1.807) is 6.33 Å². The third-order valence-electron chi connectivity index (χ3n) is 4.50. The van der Waals surface area contributed by atoms with E-state index in [0.29, 0.717) is 24.0 Å². The minimum Gasteiger partial charge on any atom is -0.364 e. The first-order valence-electron chi connectivity index (χ1n) is 8.73. The topological polar surface area (TPSA) is 84.3 Å². The van der Waals surface area contributed by atoms with Gasteiger partial charge < -0.3 is 10.3 Å². The van der Waals surface area contributed by atoms with Gasteiger partial charge in [0.05, 0.1) is 17.4 Å². The molecule has 0 atom stereocenters. The second kappa shape index (κ2) is 6.21. The Kier molecular flexibility index (Phi) is 3.57. The lowest BCUT2D eigenvalue weighted by Crippen LogP contribution is -2.08. The van der Waals surface area contributed by atoms with Crippen molar-refractivity contribution in [3.8, 4) is 5.95 Å². The number of imidazole rings is 2. The fraction of sp³-hybridized carbons (Fsp3) is 0.100. The predicted molar refractivity (Wildman–Crippen MR) is 105 cm³/mol. The van der Waals surface area contributed by atoms with E-state index < -0.39 is 0 Å². The van der Waals surface area contributed by atoms with Crippen LogP contribution in [0.4, 0.5) is 5.82 Å². The molecule has 0 radical (unpaired) electrons. The predicted octanol–water partition coefficient (Wildman–Crippen LogP) is 3.61. The Bertz CT molecular complexity index is 1240. The zero-order chi connectivity index (χ0) is 18.2. The summed E-state index contributed by atoms with van der Waals surface area (Å²) in [7, 11) is 0. The van der Waals surface area contributed by atoms with Gasteiger partial charge in [-0.2, -0.15) is 9.97 Å². The van der Waals surface area contributed by atoms with Gasteiger partial charge in [0.1, 0.15) is 11.3 Å². The molecule has 0 aliphatic rings. The van der Waals surface area contributed by atoms with Gasteiger partial charge in [-0.3, -0.25) is 4.57 Å². The van der Waals surface area contributed by atoms with Crippen molar-refractivity contribution in [1.82, 2.24) is 29.5 Å². The lowest BCUT2D eigenvalue weighted by molar-refractivity contribution is 0.911. The van der Waals surface area contributed by atoms with Gasteiger partial charge in [0.2, 0.25) is 5.95 Å². The van der Waals surface area contributed by atoms with E-state index >= 15 is 0 Å². The van der Waals surface area contributed by atoms with Crippen LogP contribution in [0.1, 0.15) is 11.4 Å². The number of para-hydroxylation sites is 2.